The van der Waals surface area contributed by atoms with Crippen LogP contribution in [0, 0.1) is 13.8 Å². The number of rotatable bonds is 4. The van der Waals surface area contributed by atoms with Crippen molar-refractivity contribution in [3.63, 3.8) is 0 Å². The number of amides is 1. The molecule has 4 aromatic rings. The fraction of sp³-hybridized carbons (Fsp3) is 0.190. The number of pyridine rings is 1. The van der Waals surface area contributed by atoms with Gasteiger partial charge < -0.3 is 9.88 Å². The lowest BCUT2D eigenvalue weighted by molar-refractivity contribution is 0.102. The summed E-state index contributed by atoms with van der Waals surface area (Å²) >= 11 is 0. The van der Waals surface area contributed by atoms with Crippen LogP contribution in [-0.2, 0) is 13.6 Å². The number of aryl methyl sites for hydroxylation is 3. The predicted octanol–water partition coefficient (Wildman–Crippen LogP) is 2.44. The molecule has 0 radical (unpaired) electrons. The first-order valence-corrected chi connectivity index (χ1v) is 9.13. The Morgan fingerprint density at radius 2 is 1.93 bits per heavy atom. The summed E-state index contributed by atoms with van der Waals surface area (Å²) in [5, 5.41) is 8.00. The van der Waals surface area contributed by atoms with E-state index in [2.05, 4.69) is 20.4 Å². The maximum absolute atomic E-state index is 13.0. The van der Waals surface area contributed by atoms with Gasteiger partial charge in [-0.05, 0) is 31.5 Å². The van der Waals surface area contributed by atoms with Crippen molar-refractivity contribution in [2.24, 2.45) is 7.05 Å². The van der Waals surface area contributed by atoms with Crippen molar-refractivity contribution in [3.05, 3.63) is 81.9 Å². The quantitative estimate of drug-likeness (QED) is 0.579. The molecule has 0 spiro atoms. The van der Waals surface area contributed by atoms with Crippen LogP contribution >= 0.6 is 0 Å². The number of hydrogen-bond acceptors (Lipinski definition) is 5. The van der Waals surface area contributed by atoms with Gasteiger partial charge in [-0.15, -0.1) is 0 Å². The van der Waals surface area contributed by atoms with Crippen molar-refractivity contribution >= 4 is 22.5 Å². The maximum atomic E-state index is 13.0. The molecule has 0 saturated heterocycles. The third kappa shape index (κ3) is 3.52. The maximum Gasteiger partial charge on any atom is 0.264 e. The number of aromatic nitrogens is 5. The molecule has 0 unspecified atom stereocenters. The van der Waals surface area contributed by atoms with Gasteiger partial charge in [-0.1, -0.05) is 12.1 Å². The molecular weight excluding hydrogens is 368 g/mol. The number of hydrogen-bond donors (Lipinski definition) is 1. The van der Waals surface area contributed by atoms with Crippen molar-refractivity contribution in [1.82, 2.24) is 24.3 Å². The molecule has 0 aliphatic heterocycles. The molecule has 0 aliphatic rings. The van der Waals surface area contributed by atoms with Crippen molar-refractivity contribution in [3.8, 4) is 0 Å². The van der Waals surface area contributed by atoms with Crippen LogP contribution in [0.4, 0.5) is 5.69 Å². The molecule has 0 fully saturated rings. The molecule has 3 aromatic heterocycles. The molecule has 4 rings (SSSR count). The summed E-state index contributed by atoms with van der Waals surface area (Å²) in [5.41, 5.74) is 3.18. The van der Waals surface area contributed by atoms with Gasteiger partial charge in [0.2, 0.25) is 0 Å². The number of fused-ring (bicyclic) bond motifs is 1. The number of para-hydroxylation sites is 1. The van der Waals surface area contributed by atoms with Gasteiger partial charge >= 0.3 is 0 Å². The first kappa shape index (κ1) is 18.5. The highest BCUT2D eigenvalue weighted by Gasteiger charge is 2.18. The van der Waals surface area contributed by atoms with E-state index in [1.165, 1.54) is 4.57 Å². The average molecular weight is 388 g/mol. The van der Waals surface area contributed by atoms with Crippen LogP contribution in [0.2, 0.25) is 0 Å². The number of nitrogens with one attached hydrogen (secondary N) is 1. The minimum absolute atomic E-state index is 0.103. The Morgan fingerprint density at radius 1 is 1.10 bits per heavy atom. The van der Waals surface area contributed by atoms with Gasteiger partial charge in [0.25, 0.3) is 11.5 Å². The second-order valence-corrected chi connectivity index (χ2v) is 6.92. The van der Waals surface area contributed by atoms with Crippen LogP contribution in [0.25, 0.3) is 10.9 Å². The highest BCUT2D eigenvalue weighted by molar-refractivity contribution is 6.08. The fourth-order valence-corrected chi connectivity index (χ4v) is 3.26. The summed E-state index contributed by atoms with van der Waals surface area (Å²) in [4.78, 5) is 34.5. The zero-order valence-electron chi connectivity index (χ0n) is 16.4. The Balaban J connectivity index is 1.68. The van der Waals surface area contributed by atoms with Crippen LogP contribution in [0.15, 0.2) is 53.8 Å². The van der Waals surface area contributed by atoms with Crippen LogP contribution in [0.5, 0.6) is 0 Å². The van der Waals surface area contributed by atoms with E-state index in [4.69, 9.17) is 0 Å². The molecule has 3 heterocycles. The first-order valence-electron chi connectivity index (χ1n) is 9.13. The minimum atomic E-state index is -0.453. The predicted molar refractivity (Wildman–Crippen MR) is 110 cm³/mol. The lowest BCUT2D eigenvalue weighted by atomic mass is 10.1. The SMILES string of the molecule is Cc1cnc(Cn2ccc(C)c(C(=O)Nc3cccc4cnn(C)c34)c2=O)cn1. The van der Waals surface area contributed by atoms with Crippen LogP contribution in [0.3, 0.4) is 0 Å². The normalized spacial score (nSPS) is 11.0. The van der Waals surface area contributed by atoms with E-state index in [0.29, 0.717) is 16.9 Å². The Hall–Kier alpha value is -3.81. The van der Waals surface area contributed by atoms with E-state index in [1.807, 2.05) is 19.1 Å². The van der Waals surface area contributed by atoms with Gasteiger partial charge in [-0.2, -0.15) is 5.10 Å². The number of nitrogens with zero attached hydrogens (tertiary/aromatic N) is 5. The van der Waals surface area contributed by atoms with Gasteiger partial charge in [0.05, 0.1) is 41.5 Å². The molecule has 0 bridgehead atoms. The van der Waals surface area contributed by atoms with Gasteiger partial charge in [-0.3, -0.25) is 24.2 Å². The summed E-state index contributed by atoms with van der Waals surface area (Å²) in [6, 6.07) is 7.30. The van der Waals surface area contributed by atoms with Gasteiger partial charge in [-0.25, -0.2) is 0 Å². The topological polar surface area (TPSA) is 94.7 Å². The van der Waals surface area contributed by atoms with Crippen LogP contribution < -0.4 is 10.9 Å². The van der Waals surface area contributed by atoms with Crippen LogP contribution in [0.1, 0.15) is 27.3 Å². The number of carbonyl (C=O) groups is 1. The zero-order valence-corrected chi connectivity index (χ0v) is 16.4. The third-order valence-electron chi connectivity index (χ3n) is 4.78. The minimum Gasteiger partial charge on any atom is -0.320 e. The average Bonchev–Trinajstić information content (AvgIpc) is 3.08. The summed E-state index contributed by atoms with van der Waals surface area (Å²) in [6.45, 7) is 3.83. The summed E-state index contributed by atoms with van der Waals surface area (Å²) in [6.07, 6.45) is 6.67. The Morgan fingerprint density at radius 3 is 2.69 bits per heavy atom. The summed E-state index contributed by atoms with van der Waals surface area (Å²) in [7, 11) is 1.81. The zero-order chi connectivity index (χ0) is 20.5. The molecular formula is C21H20N6O2. The lowest BCUT2D eigenvalue weighted by Gasteiger charge is -2.12. The van der Waals surface area contributed by atoms with E-state index in [0.717, 1.165) is 16.6 Å². The highest BCUT2D eigenvalue weighted by Crippen LogP contribution is 2.23. The Labute approximate surface area is 166 Å². The molecule has 0 atom stereocenters. The van der Waals surface area contributed by atoms with Gasteiger partial charge in [0.1, 0.15) is 5.56 Å². The fourth-order valence-electron chi connectivity index (χ4n) is 3.26. The van der Waals surface area contributed by atoms with Crippen molar-refractivity contribution in [1.29, 1.82) is 0 Å². The molecule has 8 nitrogen and oxygen atoms in total. The largest absolute Gasteiger partial charge is 0.320 e. The molecule has 29 heavy (non-hydrogen) atoms. The molecule has 1 amide bonds. The van der Waals surface area contributed by atoms with Crippen LogP contribution in [-0.4, -0.2) is 30.2 Å². The van der Waals surface area contributed by atoms with E-state index in [1.54, 1.807) is 55.6 Å². The number of carbonyl (C=O) groups excluding carboxylic acids is 1. The summed E-state index contributed by atoms with van der Waals surface area (Å²) < 4.78 is 3.16. The lowest BCUT2D eigenvalue weighted by Crippen LogP contribution is -2.30. The second kappa shape index (κ2) is 7.31. The third-order valence-corrected chi connectivity index (χ3v) is 4.78. The van der Waals surface area contributed by atoms with E-state index in [9.17, 15) is 9.59 Å². The van der Waals surface area contributed by atoms with E-state index >= 15 is 0 Å². The molecule has 0 saturated carbocycles. The second-order valence-electron chi connectivity index (χ2n) is 6.92. The molecule has 1 N–H and O–H groups in total. The molecule has 8 heteroatoms. The van der Waals surface area contributed by atoms with E-state index < -0.39 is 5.91 Å². The van der Waals surface area contributed by atoms with Crippen molar-refractivity contribution in [2.45, 2.75) is 20.4 Å². The van der Waals surface area contributed by atoms with Gasteiger partial charge in [0, 0.05) is 24.8 Å². The monoisotopic (exact) mass is 388 g/mol. The number of anilines is 1. The van der Waals surface area contributed by atoms with Crippen molar-refractivity contribution < 1.29 is 4.79 Å². The molecule has 1 aromatic carbocycles. The molecule has 146 valence electrons. The highest BCUT2D eigenvalue weighted by atomic mass is 16.2. The van der Waals surface area contributed by atoms with Gasteiger partial charge in [0.15, 0.2) is 0 Å². The molecule has 0 aliphatic carbocycles. The first-order chi connectivity index (χ1) is 13.9. The number of benzene rings is 1. The standard InChI is InChI=1S/C21H20N6O2/c1-13-7-8-27(12-16-11-22-14(2)9-23-16)21(29)18(13)20(28)25-17-6-4-5-15-10-24-26(3)19(15)17/h4-11H,12H2,1-3H3,(H,25,28). The smallest absolute Gasteiger partial charge is 0.264 e. The van der Waals surface area contributed by atoms with E-state index in [-0.39, 0.29) is 17.7 Å². The summed E-state index contributed by atoms with van der Waals surface area (Å²) in [5.74, 6) is -0.453. The Bertz CT molecular complexity index is 1270. The van der Waals surface area contributed by atoms with Crippen molar-refractivity contribution in [2.75, 3.05) is 5.32 Å². The Kier molecular flexibility index (Phi) is 4.67.